The van der Waals surface area contributed by atoms with E-state index in [1.807, 2.05) is 11.9 Å². The van der Waals surface area contributed by atoms with E-state index in [0.717, 1.165) is 13.1 Å². The van der Waals surface area contributed by atoms with Crippen molar-refractivity contribution in [2.75, 3.05) is 33.4 Å². The Morgan fingerprint density at radius 1 is 1.50 bits per heavy atom. The van der Waals surface area contributed by atoms with Crippen molar-refractivity contribution in [2.45, 2.75) is 33.2 Å². The first-order valence-electron chi connectivity index (χ1n) is 5.96. The fourth-order valence-electron chi connectivity index (χ4n) is 1.94. The van der Waals surface area contributed by atoms with E-state index in [-0.39, 0.29) is 17.4 Å². The molecule has 1 atom stereocenters. The van der Waals surface area contributed by atoms with Crippen LogP contribution >= 0.6 is 0 Å². The fraction of sp³-hybridized carbons (Fsp3) is 0.917. The molecule has 1 unspecified atom stereocenters. The summed E-state index contributed by atoms with van der Waals surface area (Å²) in [6, 6.07) is 0.189. The van der Waals surface area contributed by atoms with Gasteiger partial charge < -0.3 is 15.0 Å². The van der Waals surface area contributed by atoms with Gasteiger partial charge in [0.05, 0.1) is 19.3 Å². The fourth-order valence-corrected chi connectivity index (χ4v) is 1.94. The highest BCUT2D eigenvalue weighted by atomic mass is 16.5. The molecule has 16 heavy (non-hydrogen) atoms. The van der Waals surface area contributed by atoms with Gasteiger partial charge in [-0.3, -0.25) is 4.79 Å². The average Bonchev–Trinajstić information content (AvgIpc) is 2.16. The maximum absolute atomic E-state index is 12.1. The third-order valence-corrected chi connectivity index (χ3v) is 2.67. The monoisotopic (exact) mass is 228 g/mol. The van der Waals surface area contributed by atoms with Gasteiger partial charge >= 0.3 is 0 Å². The average molecular weight is 228 g/mol. The molecule has 1 aliphatic rings. The van der Waals surface area contributed by atoms with Crippen LogP contribution in [0, 0.1) is 5.41 Å². The Kier molecular flexibility index (Phi) is 4.74. The summed E-state index contributed by atoms with van der Waals surface area (Å²) < 4.78 is 5.41. The van der Waals surface area contributed by atoms with E-state index in [1.165, 1.54) is 0 Å². The number of nitrogens with zero attached hydrogens (tertiary/aromatic N) is 1. The van der Waals surface area contributed by atoms with Crippen molar-refractivity contribution >= 4 is 5.91 Å². The summed E-state index contributed by atoms with van der Waals surface area (Å²) in [5, 5.41) is 3.11. The Labute approximate surface area is 98.3 Å². The highest BCUT2D eigenvalue weighted by Gasteiger charge is 2.29. The quantitative estimate of drug-likeness (QED) is 0.779. The van der Waals surface area contributed by atoms with E-state index in [0.29, 0.717) is 19.6 Å². The van der Waals surface area contributed by atoms with E-state index >= 15 is 0 Å². The van der Waals surface area contributed by atoms with Crippen LogP contribution in [0.5, 0.6) is 0 Å². The molecule has 0 radical (unpaired) electrons. The molecule has 1 aliphatic heterocycles. The minimum absolute atomic E-state index is 0.0551. The van der Waals surface area contributed by atoms with E-state index in [9.17, 15) is 4.79 Å². The minimum Gasteiger partial charge on any atom is -0.377 e. The van der Waals surface area contributed by atoms with Crippen LogP contribution in [0.25, 0.3) is 0 Å². The number of ether oxygens (including phenoxy) is 1. The molecular weight excluding hydrogens is 204 g/mol. The molecule has 0 aromatic carbocycles. The lowest BCUT2D eigenvalue weighted by atomic mass is 9.91. The number of carbonyl (C=O) groups is 1. The van der Waals surface area contributed by atoms with Gasteiger partial charge in [0.1, 0.15) is 0 Å². The summed E-state index contributed by atoms with van der Waals surface area (Å²) in [6.07, 6.45) is 0.604. The molecule has 0 saturated carbocycles. The maximum Gasteiger partial charge on any atom is 0.223 e. The van der Waals surface area contributed by atoms with Gasteiger partial charge in [-0.1, -0.05) is 20.8 Å². The Balaban J connectivity index is 2.57. The molecule has 1 saturated heterocycles. The Morgan fingerprint density at radius 2 is 2.19 bits per heavy atom. The van der Waals surface area contributed by atoms with Gasteiger partial charge in [-0.2, -0.15) is 0 Å². The molecule has 1 rings (SSSR count). The van der Waals surface area contributed by atoms with Crippen molar-refractivity contribution in [1.82, 2.24) is 10.2 Å². The zero-order chi connectivity index (χ0) is 12.2. The van der Waals surface area contributed by atoms with Crippen molar-refractivity contribution < 1.29 is 9.53 Å². The number of amides is 1. The Hall–Kier alpha value is -0.610. The second-order valence-electron chi connectivity index (χ2n) is 5.61. The standard InChI is InChI=1S/C12H24N2O2/c1-12(2,3)7-11(15)14-5-6-16-9-10(14)8-13-4/h10,13H,5-9H2,1-4H3. The molecule has 94 valence electrons. The van der Waals surface area contributed by atoms with Crippen LogP contribution in [0.4, 0.5) is 0 Å². The first kappa shape index (κ1) is 13.5. The Morgan fingerprint density at radius 3 is 2.75 bits per heavy atom. The van der Waals surface area contributed by atoms with E-state index < -0.39 is 0 Å². The molecule has 1 amide bonds. The third-order valence-electron chi connectivity index (χ3n) is 2.67. The van der Waals surface area contributed by atoms with Crippen LogP contribution in [-0.4, -0.2) is 50.2 Å². The lowest BCUT2D eigenvalue weighted by molar-refractivity contribution is -0.141. The number of hydrogen-bond donors (Lipinski definition) is 1. The largest absolute Gasteiger partial charge is 0.377 e. The van der Waals surface area contributed by atoms with Crippen LogP contribution in [0.3, 0.4) is 0 Å². The van der Waals surface area contributed by atoms with Crippen molar-refractivity contribution in [1.29, 1.82) is 0 Å². The second-order valence-corrected chi connectivity index (χ2v) is 5.61. The predicted molar refractivity (Wildman–Crippen MR) is 64.3 cm³/mol. The number of likely N-dealkylation sites (N-methyl/N-ethyl adjacent to an activating group) is 1. The van der Waals surface area contributed by atoms with Crippen LogP contribution in [-0.2, 0) is 9.53 Å². The van der Waals surface area contributed by atoms with Crippen molar-refractivity contribution in [3.05, 3.63) is 0 Å². The van der Waals surface area contributed by atoms with E-state index in [2.05, 4.69) is 26.1 Å². The molecule has 0 aromatic rings. The van der Waals surface area contributed by atoms with Gasteiger partial charge in [0.25, 0.3) is 0 Å². The highest BCUT2D eigenvalue weighted by molar-refractivity contribution is 5.77. The van der Waals surface area contributed by atoms with Crippen molar-refractivity contribution in [2.24, 2.45) is 5.41 Å². The first-order valence-corrected chi connectivity index (χ1v) is 5.96. The number of nitrogens with one attached hydrogen (secondary N) is 1. The van der Waals surface area contributed by atoms with Crippen LogP contribution in [0.1, 0.15) is 27.2 Å². The third kappa shape index (κ3) is 4.10. The van der Waals surface area contributed by atoms with Crippen molar-refractivity contribution in [3.8, 4) is 0 Å². The van der Waals surface area contributed by atoms with Gasteiger partial charge in [-0.25, -0.2) is 0 Å². The van der Waals surface area contributed by atoms with Crippen LogP contribution < -0.4 is 5.32 Å². The highest BCUT2D eigenvalue weighted by Crippen LogP contribution is 2.21. The topological polar surface area (TPSA) is 41.6 Å². The summed E-state index contributed by atoms with van der Waals surface area (Å²) in [4.78, 5) is 14.1. The molecule has 1 fully saturated rings. The lowest BCUT2D eigenvalue weighted by Crippen LogP contribution is -2.53. The predicted octanol–water partition coefficient (Wildman–Crippen LogP) is 0.869. The van der Waals surface area contributed by atoms with Gasteiger partial charge in [-0.15, -0.1) is 0 Å². The smallest absolute Gasteiger partial charge is 0.223 e. The van der Waals surface area contributed by atoms with E-state index in [1.54, 1.807) is 0 Å². The molecule has 4 heteroatoms. The second kappa shape index (κ2) is 5.64. The molecule has 0 aromatic heterocycles. The van der Waals surface area contributed by atoms with Gasteiger partial charge in [0.15, 0.2) is 0 Å². The zero-order valence-electron chi connectivity index (χ0n) is 10.9. The first-order chi connectivity index (χ1) is 7.44. The molecule has 4 nitrogen and oxygen atoms in total. The molecule has 1 heterocycles. The molecule has 0 spiro atoms. The lowest BCUT2D eigenvalue weighted by Gasteiger charge is -2.37. The number of carbonyl (C=O) groups excluding carboxylic acids is 1. The zero-order valence-corrected chi connectivity index (χ0v) is 10.9. The summed E-state index contributed by atoms with van der Waals surface area (Å²) >= 11 is 0. The van der Waals surface area contributed by atoms with Crippen LogP contribution in [0.15, 0.2) is 0 Å². The minimum atomic E-state index is 0.0551. The Bertz CT molecular complexity index is 234. The maximum atomic E-state index is 12.1. The molecular formula is C12H24N2O2. The SMILES string of the molecule is CNCC1COCCN1C(=O)CC(C)(C)C. The van der Waals surface area contributed by atoms with Gasteiger partial charge in [0.2, 0.25) is 5.91 Å². The number of rotatable bonds is 3. The van der Waals surface area contributed by atoms with E-state index in [4.69, 9.17) is 4.74 Å². The summed E-state index contributed by atoms with van der Waals surface area (Å²) in [5.41, 5.74) is 0.0551. The van der Waals surface area contributed by atoms with Gasteiger partial charge in [-0.05, 0) is 12.5 Å². The van der Waals surface area contributed by atoms with Crippen LogP contribution in [0.2, 0.25) is 0 Å². The number of morpholine rings is 1. The number of hydrogen-bond acceptors (Lipinski definition) is 3. The summed E-state index contributed by atoms with van der Waals surface area (Å²) in [5.74, 6) is 0.246. The summed E-state index contributed by atoms with van der Waals surface area (Å²) in [6.45, 7) is 9.12. The normalized spacial score (nSPS) is 22.2. The van der Waals surface area contributed by atoms with Gasteiger partial charge in [0, 0.05) is 19.5 Å². The molecule has 1 N–H and O–H groups in total. The summed E-state index contributed by atoms with van der Waals surface area (Å²) in [7, 11) is 1.90. The molecule has 0 aliphatic carbocycles. The van der Waals surface area contributed by atoms with Crippen molar-refractivity contribution in [3.63, 3.8) is 0 Å². The molecule has 0 bridgehead atoms.